The molecule has 0 atom stereocenters. The smallest absolute Gasteiger partial charge is 0.350 e. The molecule has 1 rings (SSSR count). The lowest BCUT2D eigenvalue weighted by Gasteiger charge is -2.07. The van der Waals surface area contributed by atoms with Gasteiger partial charge < -0.3 is 4.98 Å². The van der Waals surface area contributed by atoms with Crippen molar-refractivity contribution >= 4 is 0 Å². The fourth-order valence-corrected chi connectivity index (χ4v) is 0.835. The van der Waals surface area contributed by atoms with E-state index in [1.165, 1.54) is 4.98 Å². The van der Waals surface area contributed by atoms with E-state index in [-0.39, 0.29) is 6.07 Å². The van der Waals surface area contributed by atoms with Gasteiger partial charge in [0, 0.05) is 12.1 Å². The van der Waals surface area contributed by atoms with Gasteiger partial charge in [-0.25, -0.2) is 8.78 Å². The molecule has 1 N–H and O–H groups in total. The molecule has 0 aliphatic heterocycles. The SMILES string of the molecule is O=c1cc(C(F)F)[nH]c(C(F)(F)F)c1. The summed E-state index contributed by atoms with van der Waals surface area (Å²) in [7, 11) is 0. The molecular weight excluding hydrogens is 209 g/mol. The van der Waals surface area contributed by atoms with Crippen LogP contribution in [-0.4, -0.2) is 4.98 Å². The van der Waals surface area contributed by atoms with Crippen molar-refractivity contribution in [2.24, 2.45) is 0 Å². The van der Waals surface area contributed by atoms with Gasteiger partial charge >= 0.3 is 6.18 Å². The molecule has 1 aromatic heterocycles. The predicted molar refractivity (Wildman–Crippen MR) is 37.0 cm³/mol. The molecule has 2 nitrogen and oxygen atoms in total. The normalized spacial score (nSPS) is 12.1. The summed E-state index contributed by atoms with van der Waals surface area (Å²) in [5, 5.41) is 0. The third-order valence-corrected chi connectivity index (χ3v) is 1.40. The largest absolute Gasteiger partial charge is 0.431 e. The summed E-state index contributed by atoms with van der Waals surface area (Å²) in [6.45, 7) is 0. The Morgan fingerprint density at radius 2 is 1.79 bits per heavy atom. The van der Waals surface area contributed by atoms with Crippen molar-refractivity contribution in [3.05, 3.63) is 33.7 Å². The zero-order valence-electron chi connectivity index (χ0n) is 6.53. The molecule has 78 valence electrons. The van der Waals surface area contributed by atoms with Crippen LogP contribution in [-0.2, 0) is 6.18 Å². The second kappa shape index (κ2) is 3.39. The second-order valence-corrected chi connectivity index (χ2v) is 2.48. The van der Waals surface area contributed by atoms with Crippen LogP contribution in [0.5, 0.6) is 0 Å². The molecule has 0 fully saturated rings. The van der Waals surface area contributed by atoms with Crippen LogP contribution in [0.3, 0.4) is 0 Å². The van der Waals surface area contributed by atoms with Gasteiger partial charge in [0.25, 0.3) is 6.43 Å². The van der Waals surface area contributed by atoms with Crippen molar-refractivity contribution < 1.29 is 22.0 Å². The van der Waals surface area contributed by atoms with Gasteiger partial charge in [0.2, 0.25) is 0 Å². The lowest BCUT2D eigenvalue weighted by Crippen LogP contribution is -2.15. The molecule has 0 bridgehead atoms. The van der Waals surface area contributed by atoms with Gasteiger partial charge in [-0.15, -0.1) is 0 Å². The minimum Gasteiger partial charge on any atom is -0.350 e. The van der Waals surface area contributed by atoms with E-state index < -0.39 is 29.4 Å². The van der Waals surface area contributed by atoms with E-state index in [2.05, 4.69) is 0 Å². The minimum atomic E-state index is -4.83. The van der Waals surface area contributed by atoms with E-state index in [1.54, 1.807) is 0 Å². The molecule has 0 spiro atoms. The molecule has 0 aromatic carbocycles. The Bertz CT molecular complexity index is 380. The number of rotatable bonds is 1. The molecule has 0 saturated heterocycles. The van der Waals surface area contributed by atoms with E-state index in [1.807, 2.05) is 0 Å². The first-order chi connectivity index (χ1) is 6.30. The van der Waals surface area contributed by atoms with Crippen molar-refractivity contribution in [2.45, 2.75) is 12.6 Å². The number of hydrogen-bond acceptors (Lipinski definition) is 1. The summed E-state index contributed by atoms with van der Waals surface area (Å²) in [5.41, 5.74) is -3.61. The molecule has 0 saturated carbocycles. The Kier molecular flexibility index (Phi) is 2.59. The van der Waals surface area contributed by atoms with Crippen molar-refractivity contribution in [3.63, 3.8) is 0 Å². The zero-order valence-corrected chi connectivity index (χ0v) is 6.53. The Hall–Kier alpha value is -1.40. The maximum atomic E-state index is 12.0. The van der Waals surface area contributed by atoms with Gasteiger partial charge in [0.1, 0.15) is 5.69 Å². The number of nitrogens with one attached hydrogen (secondary N) is 1. The van der Waals surface area contributed by atoms with E-state index in [4.69, 9.17) is 0 Å². The van der Waals surface area contributed by atoms with Gasteiger partial charge in [0.15, 0.2) is 5.43 Å². The van der Waals surface area contributed by atoms with Gasteiger partial charge in [-0.2, -0.15) is 13.2 Å². The van der Waals surface area contributed by atoms with Crippen LogP contribution in [0.1, 0.15) is 17.8 Å². The highest BCUT2D eigenvalue weighted by atomic mass is 19.4. The number of hydrogen-bond donors (Lipinski definition) is 1. The van der Waals surface area contributed by atoms with Crippen molar-refractivity contribution in [1.82, 2.24) is 4.98 Å². The Morgan fingerprint density at radius 3 is 2.21 bits per heavy atom. The van der Waals surface area contributed by atoms with E-state index in [0.29, 0.717) is 6.07 Å². The van der Waals surface area contributed by atoms with Crippen LogP contribution in [0, 0.1) is 0 Å². The molecule has 14 heavy (non-hydrogen) atoms. The highest BCUT2D eigenvalue weighted by Crippen LogP contribution is 2.27. The maximum absolute atomic E-state index is 12.0. The predicted octanol–water partition coefficient (Wildman–Crippen LogP) is 2.33. The maximum Gasteiger partial charge on any atom is 0.431 e. The molecule has 1 aromatic rings. The topological polar surface area (TPSA) is 32.9 Å². The first kappa shape index (κ1) is 10.7. The van der Waals surface area contributed by atoms with Crippen molar-refractivity contribution in [1.29, 1.82) is 0 Å². The molecule has 1 heterocycles. The van der Waals surface area contributed by atoms with Crippen LogP contribution in [0.2, 0.25) is 0 Å². The van der Waals surface area contributed by atoms with Gasteiger partial charge in [0.05, 0.1) is 5.69 Å². The Labute approximate surface area is 74.4 Å². The lowest BCUT2D eigenvalue weighted by atomic mass is 10.3. The number of halogens is 5. The van der Waals surface area contributed by atoms with Crippen LogP contribution in [0.15, 0.2) is 16.9 Å². The first-order valence-electron chi connectivity index (χ1n) is 3.40. The summed E-state index contributed by atoms with van der Waals surface area (Å²) in [5.74, 6) is 0. The second-order valence-electron chi connectivity index (χ2n) is 2.48. The highest BCUT2D eigenvalue weighted by Gasteiger charge is 2.32. The molecule has 0 radical (unpaired) electrons. The average Bonchev–Trinajstić information content (AvgIpc) is 2.01. The van der Waals surface area contributed by atoms with Crippen LogP contribution >= 0.6 is 0 Å². The molecule has 0 amide bonds. The molecule has 0 unspecified atom stereocenters. The fraction of sp³-hybridized carbons (Fsp3) is 0.286. The Balaban J connectivity index is 3.28. The summed E-state index contributed by atoms with van der Waals surface area (Å²) in [6, 6.07) is 0.659. The number of aromatic amines is 1. The number of H-pyrrole nitrogens is 1. The van der Waals surface area contributed by atoms with Gasteiger partial charge in [-0.1, -0.05) is 0 Å². The van der Waals surface area contributed by atoms with Crippen LogP contribution < -0.4 is 5.43 Å². The highest BCUT2D eigenvalue weighted by molar-refractivity contribution is 5.14. The van der Waals surface area contributed by atoms with E-state index in [9.17, 15) is 26.7 Å². The minimum absolute atomic E-state index is 0.228. The van der Waals surface area contributed by atoms with E-state index in [0.717, 1.165) is 0 Å². The standard InChI is InChI=1S/C7H4F5NO/c8-6(9)4-1-3(14)2-5(13-4)7(10,11)12/h1-2,6H,(H,13,14). The molecule has 7 heteroatoms. The molecular formula is C7H4F5NO. The number of alkyl halides is 5. The lowest BCUT2D eigenvalue weighted by molar-refractivity contribution is -0.141. The van der Waals surface area contributed by atoms with E-state index >= 15 is 0 Å². The average molecular weight is 213 g/mol. The fourth-order valence-electron chi connectivity index (χ4n) is 0.835. The first-order valence-corrected chi connectivity index (χ1v) is 3.40. The Morgan fingerprint density at radius 1 is 1.21 bits per heavy atom. The van der Waals surface area contributed by atoms with Crippen LogP contribution in [0.25, 0.3) is 0 Å². The molecule has 0 aliphatic rings. The third kappa shape index (κ3) is 2.30. The summed E-state index contributed by atoms with van der Waals surface area (Å²) < 4.78 is 59.9. The number of pyridine rings is 1. The van der Waals surface area contributed by atoms with Gasteiger partial charge in [-0.05, 0) is 0 Å². The quantitative estimate of drug-likeness (QED) is 0.713. The summed E-state index contributed by atoms with van der Waals surface area (Å²) >= 11 is 0. The van der Waals surface area contributed by atoms with Crippen molar-refractivity contribution in [3.8, 4) is 0 Å². The monoisotopic (exact) mass is 213 g/mol. The van der Waals surface area contributed by atoms with Crippen LogP contribution in [0.4, 0.5) is 22.0 Å². The van der Waals surface area contributed by atoms with Crippen molar-refractivity contribution in [2.75, 3.05) is 0 Å². The van der Waals surface area contributed by atoms with Gasteiger partial charge in [-0.3, -0.25) is 4.79 Å². The summed E-state index contributed by atoms with van der Waals surface area (Å²) in [4.78, 5) is 12.1. The molecule has 0 aliphatic carbocycles. The number of aromatic nitrogens is 1. The summed E-state index contributed by atoms with van der Waals surface area (Å²) in [6.07, 6.45) is -7.96. The third-order valence-electron chi connectivity index (χ3n) is 1.40. The zero-order chi connectivity index (χ0) is 10.9.